The zero-order valence-electron chi connectivity index (χ0n) is 15.4. The molecule has 1 aliphatic carbocycles. The monoisotopic (exact) mass is 356 g/mol. The van der Waals surface area contributed by atoms with Gasteiger partial charge in [0.15, 0.2) is 0 Å². The Labute approximate surface area is 150 Å². The Morgan fingerprint density at radius 1 is 1.08 bits per heavy atom. The predicted octanol–water partition coefficient (Wildman–Crippen LogP) is 7.13. The van der Waals surface area contributed by atoms with Gasteiger partial charge in [0.2, 0.25) is 0 Å². The highest BCUT2D eigenvalue weighted by Crippen LogP contribution is 2.37. The molecule has 2 atom stereocenters. The number of rotatable bonds is 10. The summed E-state index contributed by atoms with van der Waals surface area (Å²) in [6, 6.07) is 0. The van der Waals surface area contributed by atoms with Gasteiger partial charge in [-0.3, -0.25) is 0 Å². The second-order valence-corrected chi connectivity index (χ2v) is 6.57. The summed E-state index contributed by atoms with van der Waals surface area (Å²) >= 11 is 0. The summed E-state index contributed by atoms with van der Waals surface area (Å²) in [4.78, 5) is 0. The number of alkyl halides is 3. The van der Waals surface area contributed by atoms with Gasteiger partial charge in [0, 0.05) is 0 Å². The molecule has 4 heteroatoms. The molecular formula is C21H31F3O. The van der Waals surface area contributed by atoms with Crippen molar-refractivity contribution in [2.45, 2.75) is 65.0 Å². The van der Waals surface area contributed by atoms with E-state index >= 15 is 0 Å². The fraction of sp³-hybridized carbons (Fsp3) is 0.619. The molecule has 0 aromatic rings. The van der Waals surface area contributed by atoms with Crippen LogP contribution in [-0.2, 0) is 4.74 Å². The molecule has 1 unspecified atom stereocenters. The highest BCUT2D eigenvalue weighted by molar-refractivity contribution is 5.27. The molecule has 0 aliphatic heterocycles. The number of hydrogen-bond donors (Lipinski definition) is 0. The van der Waals surface area contributed by atoms with Gasteiger partial charge in [-0.05, 0) is 57.4 Å². The van der Waals surface area contributed by atoms with E-state index < -0.39 is 11.7 Å². The zero-order chi connectivity index (χ0) is 18.5. The van der Waals surface area contributed by atoms with Crippen molar-refractivity contribution in [2.24, 2.45) is 11.8 Å². The van der Waals surface area contributed by atoms with E-state index in [1.54, 1.807) is 13.0 Å². The molecule has 0 aromatic carbocycles. The summed E-state index contributed by atoms with van der Waals surface area (Å²) in [5.41, 5.74) is -0.705. The van der Waals surface area contributed by atoms with E-state index in [1.807, 2.05) is 0 Å². The van der Waals surface area contributed by atoms with Gasteiger partial charge in [-0.2, -0.15) is 13.2 Å². The first-order chi connectivity index (χ1) is 12.0. The molecule has 0 aromatic heterocycles. The number of unbranched alkanes of at least 4 members (excludes halogenated alkanes) is 1. The minimum absolute atomic E-state index is 0.470. The Balaban J connectivity index is 2.24. The molecular weight excluding hydrogens is 325 g/mol. The lowest BCUT2D eigenvalue weighted by molar-refractivity contribution is -0.0883. The molecule has 25 heavy (non-hydrogen) atoms. The van der Waals surface area contributed by atoms with Crippen LogP contribution >= 0.6 is 0 Å². The topological polar surface area (TPSA) is 9.23 Å². The first kappa shape index (κ1) is 21.6. The normalized spacial score (nSPS) is 22.7. The maximum atomic E-state index is 12.8. The minimum atomic E-state index is -4.36. The van der Waals surface area contributed by atoms with E-state index in [4.69, 9.17) is 4.74 Å². The van der Waals surface area contributed by atoms with Gasteiger partial charge < -0.3 is 4.74 Å². The molecule has 0 heterocycles. The van der Waals surface area contributed by atoms with E-state index in [2.05, 4.69) is 19.1 Å². The number of allylic oxidation sites excluding steroid dienone is 7. The first-order valence-corrected chi connectivity index (χ1v) is 9.28. The molecule has 1 aliphatic rings. The van der Waals surface area contributed by atoms with Gasteiger partial charge in [-0.1, -0.05) is 49.6 Å². The van der Waals surface area contributed by atoms with Crippen molar-refractivity contribution >= 4 is 0 Å². The molecule has 0 spiro atoms. The van der Waals surface area contributed by atoms with Crippen LogP contribution in [-0.4, -0.2) is 12.8 Å². The average Bonchev–Trinajstić information content (AvgIpc) is 3.00. The molecule has 0 bridgehead atoms. The molecule has 142 valence electrons. The standard InChI is InChI=1S/C21H31F3O/c1-3-5-10-18-12-9-13-19(18)11-7-8-16-25-17-15-20(14-6-4-2)21(22,23)24/h3-6,14-15,17-19H,7-13,16H2,1-2H3/b5-3-,6-4-,17-15+,20-14+/t18-,19?/m0/s1. The highest BCUT2D eigenvalue weighted by Gasteiger charge is 2.31. The molecule has 0 radical (unpaired) electrons. The molecule has 1 saturated carbocycles. The summed E-state index contributed by atoms with van der Waals surface area (Å²) in [6.07, 6.45) is 14.5. The largest absolute Gasteiger partial charge is 0.501 e. The molecule has 0 N–H and O–H groups in total. The second kappa shape index (κ2) is 12.0. The van der Waals surface area contributed by atoms with Crippen molar-refractivity contribution < 1.29 is 17.9 Å². The molecule has 1 rings (SSSR count). The van der Waals surface area contributed by atoms with Crippen LogP contribution in [0.15, 0.2) is 48.3 Å². The van der Waals surface area contributed by atoms with Crippen molar-refractivity contribution in [3.8, 4) is 0 Å². The molecule has 0 saturated heterocycles. The maximum Gasteiger partial charge on any atom is 0.416 e. The van der Waals surface area contributed by atoms with Crippen LogP contribution in [0.3, 0.4) is 0 Å². The van der Waals surface area contributed by atoms with E-state index in [0.29, 0.717) is 6.61 Å². The van der Waals surface area contributed by atoms with Crippen LogP contribution in [0.2, 0.25) is 0 Å². The Hall–Kier alpha value is -1.45. The van der Waals surface area contributed by atoms with Crippen molar-refractivity contribution in [2.75, 3.05) is 6.61 Å². The van der Waals surface area contributed by atoms with E-state index in [9.17, 15) is 13.2 Å². The highest BCUT2D eigenvalue weighted by atomic mass is 19.4. The summed E-state index contributed by atoms with van der Waals surface area (Å²) in [5.74, 6) is 1.61. The van der Waals surface area contributed by atoms with Crippen molar-refractivity contribution in [1.29, 1.82) is 0 Å². The van der Waals surface area contributed by atoms with Crippen molar-refractivity contribution in [3.63, 3.8) is 0 Å². The Morgan fingerprint density at radius 3 is 2.52 bits per heavy atom. The van der Waals surface area contributed by atoms with Crippen molar-refractivity contribution in [3.05, 3.63) is 48.3 Å². The molecule has 1 nitrogen and oxygen atoms in total. The summed E-state index contributed by atoms with van der Waals surface area (Å²) < 4.78 is 43.5. The van der Waals surface area contributed by atoms with Gasteiger partial charge in [-0.15, -0.1) is 0 Å². The Morgan fingerprint density at radius 2 is 1.84 bits per heavy atom. The van der Waals surface area contributed by atoms with Gasteiger partial charge in [-0.25, -0.2) is 0 Å². The second-order valence-electron chi connectivity index (χ2n) is 6.57. The van der Waals surface area contributed by atoms with E-state index in [1.165, 1.54) is 38.2 Å². The van der Waals surface area contributed by atoms with E-state index in [0.717, 1.165) is 43.1 Å². The molecule has 1 fully saturated rings. The Bertz CT molecular complexity index is 472. The smallest absolute Gasteiger partial charge is 0.416 e. The number of halogens is 3. The fourth-order valence-electron chi connectivity index (χ4n) is 3.34. The van der Waals surface area contributed by atoms with Crippen LogP contribution < -0.4 is 0 Å². The Kier molecular flexibility index (Phi) is 10.4. The minimum Gasteiger partial charge on any atom is -0.501 e. The zero-order valence-corrected chi connectivity index (χ0v) is 15.4. The third-order valence-corrected chi connectivity index (χ3v) is 4.72. The van der Waals surface area contributed by atoms with E-state index in [-0.39, 0.29) is 0 Å². The van der Waals surface area contributed by atoms with Crippen LogP contribution in [0.25, 0.3) is 0 Å². The van der Waals surface area contributed by atoms with Crippen molar-refractivity contribution in [1.82, 2.24) is 0 Å². The lowest BCUT2D eigenvalue weighted by Gasteiger charge is -2.17. The number of ether oxygens (including phenoxy) is 1. The molecule has 0 amide bonds. The van der Waals surface area contributed by atoms with Crippen LogP contribution in [0.1, 0.15) is 58.8 Å². The van der Waals surface area contributed by atoms with Gasteiger partial charge >= 0.3 is 6.18 Å². The summed E-state index contributed by atoms with van der Waals surface area (Å²) in [5, 5.41) is 0. The quantitative estimate of drug-likeness (QED) is 0.175. The third-order valence-electron chi connectivity index (χ3n) is 4.72. The van der Waals surface area contributed by atoms with Crippen LogP contribution in [0, 0.1) is 11.8 Å². The lowest BCUT2D eigenvalue weighted by Crippen LogP contribution is -2.09. The third kappa shape index (κ3) is 8.99. The fourth-order valence-corrected chi connectivity index (χ4v) is 3.34. The van der Waals surface area contributed by atoms with Gasteiger partial charge in [0.25, 0.3) is 0 Å². The average molecular weight is 356 g/mol. The summed E-state index contributed by atoms with van der Waals surface area (Å²) in [6.45, 7) is 4.21. The predicted molar refractivity (Wildman–Crippen MR) is 98.2 cm³/mol. The van der Waals surface area contributed by atoms with Gasteiger partial charge in [0.05, 0.1) is 18.4 Å². The number of hydrogen-bond acceptors (Lipinski definition) is 1. The SMILES string of the molecule is C\C=C/C=C(\C=C\OCCCCC1CCC[C@@H]1C/C=C\C)C(F)(F)F. The van der Waals surface area contributed by atoms with Gasteiger partial charge in [0.1, 0.15) is 0 Å². The first-order valence-electron chi connectivity index (χ1n) is 9.28. The van der Waals surface area contributed by atoms with Crippen LogP contribution in [0.5, 0.6) is 0 Å². The lowest BCUT2D eigenvalue weighted by atomic mass is 9.88. The van der Waals surface area contributed by atoms with Crippen LogP contribution in [0.4, 0.5) is 13.2 Å². The summed E-state index contributed by atoms with van der Waals surface area (Å²) in [7, 11) is 0. The maximum absolute atomic E-state index is 12.8.